The SMILES string of the molecule is CN=C(NCCc1ccccn1)NCc1ccc(S(=O)(=O)N2CCCC2)cc1. The van der Waals surface area contributed by atoms with Crippen LogP contribution in [-0.2, 0) is 23.0 Å². The van der Waals surface area contributed by atoms with Gasteiger partial charge in [0.15, 0.2) is 5.96 Å². The molecule has 0 spiro atoms. The van der Waals surface area contributed by atoms with Crippen molar-refractivity contribution in [3.8, 4) is 0 Å². The van der Waals surface area contributed by atoms with E-state index in [9.17, 15) is 8.42 Å². The van der Waals surface area contributed by atoms with Gasteiger partial charge in [-0.25, -0.2) is 8.42 Å². The molecular formula is C20H27N5O2S. The summed E-state index contributed by atoms with van der Waals surface area (Å²) in [4.78, 5) is 8.87. The Morgan fingerprint density at radius 2 is 1.86 bits per heavy atom. The second-order valence-electron chi connectivity index (χ2n) is 6.68. The molecule has 1 fully saturated rings. The molecule has 0 aliphatic carbocycles. The zero-order chi connectivity index (χ0) is 19.8. The lowest BCUT2D eigenvalue weighted by Crippen LogP contribution is -2.37. The highest BCUT2D eigenvalue weighted by Gasteiger charge is 2.26. The highest BCUT2D eigenvalue weighted by atomic mass is 32.2. The molecule has 1 aromatic heterocycles. The molecular weight excluding hydrogens is 374 g/mol. The Kier molecular flexibility index (Phi) is 7.00. The van der Waals surface area contributed by atoms with E-state index >= 15 is 0 Å². The second-order valence-corrected chi connectivity index (χ2v) is 8.62. The molecule has 8 heteroatoms. The third kappa shape index (κ3) is 5.30. The lowest BCUT2D eigenvalue weighted by Gasteiger charge is -2.16. The average Bonchev–Trinajstić information content (AvgIpc) is 3.27. The minimum absolute atomic E-state index is 0.357. The standard InChI is InChI=1S/C20H27N5O2S/c1-21-20(23-13-11-18-6-2-3-12-22-18)24-16-17-7-9-19(10-8-17)28(26,27)25-14-4-5-15-25/h2-3,6-10,12H,4-5,11,13-16H2,1H3,(H2,21,23,24). The van der Waals surface area contributed by atoms with Crippen molar-refractivity contribution in [1.82, 2.24) is 19.9 Å². The molecule has 0 unspecified atom stereocenters. The third-order valence-electron chi connectivity index (χ3n) is 4.71. The van der Waals surface area contributed by atoms with Gasteiger partial charge in [-0.3, -0.25) is 9.98 Å². The molecule has 3 rings (SSSR count). The number of guanidine groups is 1. The largest absolute Gasteiger partial charge is 0.356 e. The van der Waals surface area contributed by atoms with Crippen molar-refractivity contribution in [2.75, 3.05) is 26.7 Å². The molecule has 1 saturated heterocycles. The van der Waals surface area contributed by atoms with Crippen molar-refractivity contribution in [2.24, 2.45) is 4.99 Å². The van der Waals surface area contributed by atoms with Crippen molar-refractivity contribution in [2.45, 2.75) is 30.7 Å². The maximum absolute atomic E-state index is 12.6. The van der Waals surface area contributed by atoms with Crippen LogP contribution in [0.5, 0.6) is 0 Å². The summed E-state index contributed by atoms with van der Waals surface area (Å²) in [5.74, 6) is 0.699. The summed E-state index contributed by atoms with van der Waals surface area (Å²) in [5, 5.41) is 6.50. The maximum Gasteiger partial charge on any atom is 0.243 e. The van der Waals surface area contributed by atoms with Crippen LogP contribution in [0.4, 0.5) is 0 Å². The van der Waals surface area contributed by atoms with Gasteiger partial charge in [0, 0.05) is 51.5 Å². The normalized spacial score (nSPS) is 15.5. The average molecular weight is 402 g/mol. The Labute approximate surface area is 167 Å². The molecule has 1 aliphatic rings. The zero-order valence-electron chi connectivity index (χ0n) is 16.1. The Hall–Kier alpha value is -2.45. The molecule has 7 nitrogen and oxygen atoms in total. The number of nitrogens with zero attached hydrogens (tertiary/aromatic N) is 3. The van der Waals surface area contributed by atoms with Crippen LogP contribution in [-0.4, -0.2) is 50.3 Å². The first kappa shape index (κ1) is 20.3. The van der Waals surface area contributed by atoms with Gasteiger partial charge in [0.05, 0.1) is 4.90 Å². The Morgan fingerprint density at radius 1 is 1.11 bits per heavy atom. The minimum Gasteiger partial charge on any atom is -0.356 e. The van der Waals surface area contributed by atoms with Gasteiger partial charge >= 0.3 is 0 Å². The molecule has 0 saturated carbocycles. The predicted molar refractivity (Wildman–Crippen MR) is 111 cm³/mol. The summed E-state index contributed by atoms with van der Waals surface area (Å²) in [6.45, 7) is 2.52. The summed E-state index contributed by atoms with van der Waals surface area (Å²) in [6.07, 6.45) is 4.47. The number of nitrogens with one attached hydrogen (secondary N) is 2. The fourth-order valence-corrected chi connectivity index (χ4v) is 4.64. The highest BCUT2D eigenvalue weighted by Crippen LogP contribution is 2.21. The fraction of sp³-hybridized carbons (Fsp3) is 0.400. The summed E-state index contributed by atoms with van der Waals surface area (Å²) in [7, 11) is -1.63. The summed E-state index contributed by atoms with van der Waals surface area (Å²) in [5.41, 5.74) is 2.02. The van der Waals surface area contributed by atoms with Crippen molar-refractivity contribution >= 4 is 16.0 Å². The van der Waals surface area contributed by atoms with E-state index in [1.165, 1.54) is 0 Å². The lowest BCUT2D eigenvalue weighted by atomic mass is 10.2. The molecule has 28 heavy (non-hydrogen) atoms. The van der Waals surface area contributed by atoms with E-state index in [4.69, 9.17) is 0 Å². The van der Waals surface area contributed by atoms with Crippen LogP contribution < -0.4 is 10.6 Å². The molecule has 0 bridgehead atoms. The molecule has 0 amide bonds. The van der Waals surface area contributed by atoms with E-state index in [1.807, 2.05) is 30.3 Å². The monoisotopic (exact) mass is 401 g/mol. The van der Waals surface area contributed by atoms with Gasteiger partial charge in [-0.2, -0.15) is 4.31 Å². The van der Waals surface area contributed by atoms with E-state index in [0.717, 1.165) is 37.1 Å². The van der Waals surface area contributed by atoms with Crippen molar-refractivity contribution < 1.29 is 8.42 Å². The van der Waals surface area contributed by atoms with Crippen LogP contribution in [0.15, 0.2) is 58.5 Å². The number of aliphatic imine (C=N–C) groups is 1. The molecule has 0 atom stereocenters. The van der Waals surface area contributed by atoms with E-state index < -0.39 is 10.0 Å². The van der Waals surface area contributed by atoms with Crippen LogP contribution in [0, 0.1) is 0 Å². The molecule has 150 valence electrons. The number of benzene rings is 1. The molecule has 2 N–H and O–H groups in total. The number of aromatic nitrogens is 1. The minimum atomic E-state index is -3.36. The zero-order valence-corrected chi connectivity index (χ0v) is 17.0. The summed E-state index contributed by atoms with van der Waals surface area (Å²) >= 11 is 0. The van der Waals surface area contributed by atoms with Gasteiger partial charge in [-0.05, 0) is 42.7 Å². The van der Waals surface area contributed by atoms with Gasteiger partial charge in [-0.1, -0.05) is 18.2 Å². The van der Waals surface area contributed by atoms with Crippen molar-refractivity contribution in [3.63, 3.8) is 0 Å². The van der Waals surface area contributed by atoms with Gasteiger partial charge in [0.25, 0.3) is 0 Å². The van der Waals surface area contributed by atoms with Gasteiger partial charge in [-0.15, -0.1) is 0 Å². The van der Waals surface area contributed by atoms with E-state index in [2.05, 4.69) is 20.6 Å². The van der Waals surface area contributed by atoms with Crippen molar-refractivity contribution in [1.29, 1.82) is 0 Å². The van der Waals surface area contributed by atoms with Crippen molar-refractivity contribution in [3.05, 3.63) is 59.9 Å². The predicted octanol–water partition coefficient (Wildman–Crippen LogP) is 1.77. The first-order chi connectivity index (χ1) is 13.6. The fourth-order valence-electron chi connectivity index (χ4n) is 3.12. The molecule has 2 heterocycles. The van der Waals surface area contributed by atoms with Crippen LogP contribution in [0.1, 0.15) is 24.1 Å². The van der Waals surface area contributed by atoms with Gasteiger partial charge in [0.1, 0.15) is 0 Å². The van der Waals surface area contributed by atoms with Gasteiger partial charge in [0.2, 0.25) is 10.0 Å². The molecule has 2 aromatic rings. The topological polar surface area (TPSA) is 86.7 Å². The van der Waals surface area contributed by atoms with Gasteiger partial charge < -0.3 is 10.6 Å². The Morgan fingerprint density at radius 3 is 2.50 bits per heavy atom. The summed E-state index contributed by atoms with van der Waals surface area (Å²) < 4.78 is 26.7. The first-order valence-electron chi connectivity index (χ1n) is 9.53. The number of rotatable bonds is 7. The van der Waals surface area contributed by atoms with E-state index in [0.29, 0.717) is 30.5 Å². The van der Waals surface area contributed by atoms with Crippen LogP contribution >= 0.6 is 0 Å². The molecule has 0 radical (unpaired) electrons. The number of hydrogen-bond acceptors (Lipinski definition) is 4. The molecule has 1 aliphatic heterocycles. The van der Waals surface area contributed by atoms with Crippen LogP contribution in [0.25, 0.3) is 0 Å². The number of pyridine rings is 1. The maximum atomic E-state index is 12.6. The smallest absolute Gasteiger partial charge is 0.243 e. The molecule has 1 aromatic carbocycles. The Balaban J connectivity index is 1.49. The van der Waals surface area contributed by atoms with Crippen LogP contribution in [0.2, 0.25) is 0 Å². The first-order valence-corrected chi connectivity index (χ1v) is 11.0. The quantitative estimate of drug-likeness (QED) is 0.545. The second kappa shape index (κ2) is 9.66. The summed E-state index contributed by atoms with van der Waals surface area (Å²) in [6, 6.07) is 12.9. The Bertz CT molecular complexity index is 877. The third-order valence-corrected chi connectivity index (χ3v) is 6.62. The lowest BCUT2D eigenvalue weighted by molar-refractivity contribution is 0.477. The number of hydrogen-bond donors (Lipinski definition) is 2. The van der Waals surface area contributed by atoms with E-state index in [-0.39, 0.29) is 0 Å². The van der Waals surface area contributed by atoms with Crippen LogP contribution in [0.3, 0.4) is 0 Å². The highest BCUT2D eigenvalue weighted by molar-refractivity contribution is 7.89. The van der Waals surface area contributed by atoms with E-state index in [1.54, 1.807) is 29.7 Å². The number of sulfonamides is 1.